The number of piperazine rings is 1. The van der Waals surface area contributed by atoms with Gasteiger partial charge in [-0.2, -0.15) is 4.98 Å². The minimum absolute atomic E-state index is 0.472. The first kappa shape index (κ1) is 20.2. The second-order valence-corrected chi connectivity index (χ2v) is 7.83. The van der Waals surface area contributed by atoms with E-state index < -0.39 is 0 Å². The molecule has 0 unspecified atom stereocenters. The molecule has 7 nitrogen and oxygen atoms in total. The quantitative estimate of drug-likeness (QED) is 0.622. The van der Waals surface area contributed by atoms with Crippen LogP contribution in [0.2, 0.25) is 0 Å². The Kier molecular flexibility index (Phi) is 5.90. The molecule has 0 saturated carbocycles. The van der Waals surface area contributed by atoms with Crippen LogP contribution in [0.4, 0.5) is 11.8 Å². The van der Waals surface area contributed by atoms with Crippen molar-refractivity contribution in [3.05, 3.63) is 48.0 Å². The third kappa shape index (κ3) is 4.26. The number of aromatic nitrogens is 2. The highest BCUT2D eigenvalue weighted by Crippen LogP contribution is 2.37. The summed E-state index contributed by atoms with van der Waals surface area (Å²) >= 11 is 0. The molecule has 0 spiro atoms. The number of nitrogens with zero attached hydrogens (tertiary/aromatic N) is 5. The molecule has 158 valence electrons. The molecule has 1 aromatic heterocycles. The first-order chi connectivity index (χ1) is 14.5. The number of benzene rings is 2. The Morgan fingerprint density at radius 2 is 1.70 bits per heavy atom. The zero-order valence-electron chi connectivity index (χ0n) is 18.1. The van der Waals surface area contributed by atoms with Crippen LogP contribution in [0.25, 0.3) is 10.9 Å². The highest BCUT2D eigenvalue weighted by molar-refractivity contribution is 5.93. The summed E-state index contributed by atoms with van der Waals surface area (Å²) in [5.41, 5.74) is 1.96. The summed E-state index contributed by atoms with van der Waals surface area (Å²) in [6, 6.07) is 14.1. The van der Waals surface area contributed by atoms with E-state index >= 15 is 0 Å². The van der Waals surface area contributed by atoms with Crippen molar-refractivity contribution in [2.24, 2.45) is 0 Å². The Morgan fingerprint density at radius 1 is 0.967 bits per heavy atom. The Balaban J connectivity index is 1.74. The first-order valence-corrected chi connectivity index (χ1v) is 10.2. The lowest BCUT2D eigenvalue weighted by Crippen LogP contribution is -2.45. The van der Waals surface area contributed by atoms with E-state index in [0.717, 1.165) is 48.5 Å². The molecule has 4 rings (SSSR count). The molecular weight excluding hydrogens is 378 g/mol. The fourth-order valence-corrected chi connectivity index (χ4v) is 3.58. The number of likely N-dealkylation sites (N-methyl/N-ethyl adjacent to an activating group) is 1. The van der Waals surface area contributed by atoms with Crippen LogP contribution in [0.1, 0.15) is 5.56 Å². The molecular formula is C23H29N5O2. The van der Waals surface area contributed by atoms with Crippen molar-refractivity contribution in [3.63, 3.8) is 0 Å². The van der Waals surface area contributed by atoms with Crippen LogP contribution in [0.15, 0.2) is 42.5 Å². The van der Waals surface area contributed by atoms with Gasteiger partial charge >= 0.3 is 0 Å². The Bertz CT molecular complexity index is 1000. The summed E-state index contributed by atoms with van der Waals surface area (Å²) in [5.74, 6) is 3.01. The van der Waals surface area contributed by atoms with Gasteiger partial charge in [0.1, 0.15) is 12.4 Å². The number of rotatable bonds is 6. The fraction of sp³-hybridized carbons (Fsp3) is 0.391. The zero-order chi connectivity index (χ0) is 21.1. The maximum Gasteiger partial charge on any atom is 0.227 e. The molecule has 0 bridgehead atoms. The monoisotopic (exact) mass is 407 g/mol. The van der Waals surface area contributed by atoms with Crippen LogP contribution < -0.4 is 19.3 Å². The molecule has 1 aliphatic heterocycles. The number of ether oxygens (including phenoxy) is 2. The summed E-state index contributed by atoms with van der Waals surface area (Å²) in [4.78, 5) is 16.3. The zero-order valence-corrected chi connectivity index (χ0v) is 18.1. The van der Waals surface area contributed by atoms with Gasteiger partial charge in [-0.15, -0.1) is 0 Å². The van der Waals surface area contributed by atoms with E-state index in [-0.39, 0.29) is 0 Å². The third-order valence-electron chi connectivity index (χ3n) is 5.39. The minimum Gasteiger partial charge on any atom is -0.493 e. The van der Waals surface area contributed by atoms with Gasteiger partial charge in [-0.05, 0) is 18.7 Å². The van der Waals surface area contributed by atoms with Gasteiger partial charge in [0.05, 0.1) is 12.6 Å². The SMILES string of the molecule is COc1cc2c(N3CCN(C)CC3)nc(N(C)C)nc2cc1OCc1ccccc1. The molecule has 0 amide bonds. The number of hydrogen-bond acceptors (Lipinski definition) is 7. The summed E-state index contributed by atoms with van der Waals surface area (Å²) in [6.45, 7) is 4.37. The average Bonchev–Trinajstić information content (AvgIpc) is 2.77. The predicted octanol–water partition coefficient (Wildman–Crippen LogP) is 3.04. The Morgan fingerprint density at radius 3 is 2.37 bits per heavy atom. The smallest absolute Gasteiger partial charge is 0.227 e. The standard InChI is InChI=1S/C23H29N5O2/c1-26(2)23-24-19-15-21(30-16-17-8-6-5-7-9-17)20(29-4)14-18(19)22(25-23)28-12-10-27(3)11-13-28/h5-9,14-15H,10-13,16H2,1-4H3. The summed E-state index contributed by atoms with van der Waals surface area (Å²) < 4.78 is 11.8. The van der Waals surface area contributed by atoms with Crippen molar-refractivity contribution in [3.8, 4) is 11.5 Å². The number of anilines is 2. The van der Waals surface area contributed by atoms with Crippen LogP contribution in [0, 0.1) is 0 Å². The molecule has 1 saturated heterocycles. The molecule has 1 aliphatic rings. The highest BCUT2D eigenvalue weighted by atomic mass is 16.5. The lowest BCUT2D eigenvalue weighted by Gasteiger charge is -2.34. The third-order valence-corrected chi connectivity index (χ3v) is 5.39. The van der Waals surface area contributed by atoms with Crippen molar-refractivity contribution in [1.29, 1.82) is 0 Å². The van der Waals surface area contributed by atoms with Crippen molar-refractivity contribution >= 4 is 22.7 Å². The van der Waals surface area contributed by atoms with Crippen molar-refractivity contribution in [1.82, 2.24) is 14.9 Å². The lowest BCUT2D eigenvalue weighted by atomic mass is 10.1. The molecule has 0 atom stereocenters. The van der Waals surface area contributed by atoms with Crippen molar-refractivity contribution in [2.45, 2.75) is 6.61 Å². The van der Waals surface area contributed by atoms with E-state index in [4.69, 9.17) is 19.4 Å². The molecule has 7 heteroatoms. The maximum absolute atomic E-state index is 6.10. The van der Waals surface area contributed by atoms with Gasteiger partial charge in [0, 0.05) is 51.7 Å². The van der Waals surface area contributed by atoms with Crippen LogP contribution >= 0.6 is 0 Å². The normalized spacial score (nSPS) is 14.7. The van der Waals surface area contributed by atoms with Crippen LogP contribution in [-0.4, -0.2) is 69.3 Å². The van der Waals surface area contributed by atoms with Crippen LogP contribution in [0.3, 0.4) is 0 Å². The Labute approximate surface area is 177 Å². The summed E-state index contributed by atoms with van der Waals surface area (Å²) in [6.07, 6.45) is 0. The molecule has 0 radical (unpaired) electrons. The minimum atomic E-state index is 0.472. The van der Waals surface area contributed by atoms with E-state index in [1.54, 1.807) is 7.11 Å². The van der Waals surface area contributed by atoms with Gasteiger partial charge in [-0.25, -0.2) is 4.98 Å². The van der Waals surface area contributed by atoms with Gasteiger partial charge in [0.25, 0.3) is 0 Å². The summed E-state index contributed by atoms with van der Waals surface area (Å²) in [5, 5.41) is 0.981. The topological polar surface area (TPSA) is 54.0 Å². The van der Waals surface area contributed by atoms with Gasteiger partial charge in [0.15, 0.2) is 11.5 Å². The molecule has 3 aromatic rings. The van der Waals surface area contributed by atoms with E-state index in [1.165, 1.54) is 0 Å². The van der Waals surface area contributed by atoms with Gasteiger partial charge in [0.2, 0.25) is 5.95 Å². The average molecular weight is 408 g/mol. The first-order valence-electron chi connectivity index (χ1n) is 10.2. The largest absolute Gasteiger partial charge is 0.493 e. The maximum atomic E-state index is 6.10. The van der Waals surface area contributed by atoms with E-state index in [1.807, 2.05) is 61.5 Å². The lowest BCUT2D eigenvalue weighted by molar-refractivity contribution is 0.285. The molecule has 2 aromatic carbocycles. The number of methoxy groups -OCH3 is 1. The van der Waals surface area contributed by atoms with Crippen LogP contribution in [-0.2, 0) is 6.61 Å². The molecule has 0 N–H and O–H groups in total. The van der Waals surface area contributed by atoms with E-state index in [2.05, 4.69) is 16.8 Å². The second kappa shape index (κ2) is 8.75. The van der Waals surface area contributed by atoms with Crippen LogP contribution in [0.5, 0.6) is 11.5 Å². The molecule has 0 aliphatic carbocycles. The highest BCUT2D eigenvalue weighted by Gasteiger charge is 2.21. The van der Waals surface area contributed by atoms with Gasteiger partial charge in [-0.3, -0.25) is 0 Å². The number of hydrogen-bond donors (Lipinski definition) is 0. The van der Waals surface area contributed by atoms with E-state index in [0.29, 0.717) is 24.1 Å². The second-order valence-electron chi connectivity index (χ2n) is 7.83. The Hall–Kier alpha value is -3.06. The van der Waals surface area contributed by atoms with Gasteiger partial charge < -0.3 is 24.2 Å². The molecule has 2 heterocycles. The van der Waals surface area contributed by atoms with E-state index in [9.17, 15) is 0 Å². The van der Waals surface area contributed by atoms with Gasteiger partial charge in [-0.1, -0.05) is 30.3 Å². The summed E-state index contributed by atoms with van der Waals surface area (Å²) in [7, 11) is 7.75. The molecule has 30 heavy (non-hydrogen) atoms. The predicted molar refractivity (Wildman–Crippen MR) is 121 cm³/mol. The van der Waals surface area contributed by atoms with Crippen molar-refractivity contribution < 1.29 is 9.47 Å². The fourth-order valence-electron chi connectivity index (χ4n) is 3.58. The molecule has 1 fully saturated rings. The van der Waals surface area contributed by atoms with Crippen molar-refractivity contribution in [2.75, 3.05) is 64.2 Å². The number of fused-ring (bicyclic) bond motifs is 1.